The first-order valence-corrected chi connectivity index (χ1v) is 11.7. The Morgan fingerprint density at radius 2 is 1.82 bits per heavy atom. The summed E-state index contributed by atoms with van der Waals surface area (Å²) in [7, 11) is 0. The van der Waals surface area contributed by atoms with Gasteiger partial charge >= 0.3 is 0 Å². The number of hydrogen-bond acceptors (Lipinski definition) is 4. The van der Waals surface area contributed by atoms with Gasteiger partial charge in [0.05, 0.1) is 25.2 Å². The lowest BCUT2D eigenvalue weighted by molar-refractivity contribution is -0.169. The Labute approximate surface area is 198 Å². The zero-order chi connectivity index (χ0) is 23.7. The first-order chi connectivity index (χ1) is 16.5. The van der Waals surface area contributed by atoms with Crippen LogP contribution in [0.25, 0.3) is 0 Å². The fourth-order valence-electron chi connectivity index (χ4n) is 5.37. The molecule has 34 heavy (non-hydrogen) atoms. The number of aliphatic hydroxyl groups excluding tert-OH is 1. The minimum atomic E-state index is -0.321. The molecule has 0 aliphatic carbocycles. The van der Waals surface area contributed by atoms with Crippen molar-refractivity contribution in [3.05, 3.63) is 71.0 Å². The minimum Gasteiger partial charge on any atom is -0.394 e. The summed E-state index contributed by atoms with van der Waals surface area (Å²) in [6.07, 6.45) is 1.39. The van der Waals surface area contributed by atoms with Crippen LogP contribution < -0.4 is 0 Å². The second kappa shape index (κ2) is 9.57. The number of halogens is 1. The number of amides is 2. The summed E-state index contributed by atoms with van der Waals surface area (Å²) in [6, 6.07) is 13.4. The van der Waals surface area contributed by atoms with Gasteiger partial charge < -0.3 is 19.6 Å². The summed E-state index contributed by atoms with van der Waals surface area (Å²) in [5.41, 5.74) is 2.40. The van der Waals surface area contributed by atoms with Gasteiger partial charge in [-0.15, -0.1) is 0 Å². The topological polar surface area (TPSA) is 70.1 Å². The molecule has 3 fully saturated rings. The number of rotatable bonds is 3. The van der Waals surface area contributed by atoms with Crippen LogP contribution in [-0.2, 0) is 14.3 Å². The van der Waals surface area contributed by atoms with Gasteiger partial charge in [-0.1, -0.05) is 30.0 Å². The van der Waals surface area contributed by atoms with E-state index in [1.807, 2.05) is 24.3 Å². The Bertz CT molecular complexity index is 1130. The Morgan fingerprint density at radius 3 is 2.53 bits per heavy atom. The lowest BCUT2D eigenvalue weighted by Gasteiger charge is -2.59. The Morgan fingerprint density at radius 1 is 1.09 bits per heavy atom. The van der Waals surface area contributed by atoms with Crippen LogP contribution in [0, 0.1) is 23.6 Å². The smallest absolute Gasteiger partial charge is 0.242 e. The van der Waals surface area contributed by atoms with Crippen molar-refractivity contribution in [1.82, 2.24) is 9.80 Å². The third kappa shape index (κ3) is 4.31. The third-order valence-electron chi connectivity index (χ3n) is 7.11. The molecule has 2 aromatic rings. The molecular weight excluding hydrogens is 435 g/mol. The number of carbonyl (C=O) groups is 2. The van der Waals surface area contributed by atoms with E-state index in [2.05, 4.69) is 11.8 Å². The van der Waals surface area contributed by atoms with Gasteiger partial charge in [0.2, 0.25) is 11.8 Å². The summed E-state index contributed by atoms with van der Waals surface area (Å²) >= 11 is 0. The summed E-state index contributed by atoms with van der Waals surface area (Å²) in [4.78, 5) is 29.3. The molecule has 0 radical (unpaired) electrons. The first-order valence-electron chi connectivity index (χ1n) is 11.7. The zero-order valence-electron chi connectivity index (χ0n) is 18.8. The van der Waals surface area contributed by atoms with Crippen molar-refractivity contribution in [2.45, 2.75) is 30.8 Å². The standard InChI is InChI=1S/C27H27FN2O4/c28-22-3-1-2-19(14-22)5-4-18-6-8-20(9-7-18)26-23-15-29(16-25(32)30(23)24(26)17-31)27(33)21-10-12-34-13-11-21/h1-3,6-9,14,21,23-24,26,31H,10-13,15-17H2/t23-,24+,26+/m0/s1. The molecule has 2 aromatic carbocycles. The van der Waals surface area contributed by atoms with Crippen LogP contribution in [0.2, 0.25) is 0 Å². The largest absolute Gasteiger partial charge is 0.394 e. The maximum Gasteiger partial charge on any atom is 0.242 e. The van der Waals surface area contributed by atoms with Crippen LogP contribution in [0.3, 0.4) is 0 Å². The highest BCUT2D eigenvalue weighted by molar-refractivity contribution is 5.88. The fraction of sp³-hybridized carbons (Fsp3) is 0.407. The molecule has 0 saturated carbocycles. The van der Waals surface area contributed by atoms with E-state index < -0.39 is 0 Å². The van der Waals surface area contributed by atoms with Gasteiger partial charge in [0.25, 0.3) is 0 Å². The molecule has 176 valence electrons. The summed E-state index contributed by atoms with van der Waals surface area (Å²) in [5.74, 6) is 5.47. The van der Waals surface area contributed by atoms with Crippen LogP contribution in [0.5, 0.6) is 0 Å². The molecule has 2 amide bonds. The van der Waals surface area contributed by atoms with Gasteiger partial charge in [-0.25, -0.2) is 4.39 Å². The van der Waals surface area contributed by atoms with E-state index in [0.717, 1.165) is 11.1 Å². The average molecular weight is 463 g/mol. The van der Waals surface area contributed by atoms with E-state index in [9.17, 15) is 19.1 Å². The molecule has 7 heteroatoms. The Kier molecular flexibility index (Phi) is 6.36. The monoisotopic (exact) mass is 462 g/mol. The lowest BCUT2D eigenvalue weighted by atomic mass is 9.73. The molecule has 3 atom stereocenters. The number of aliphatic hydroxyl groups is 1. The minimum absolute atomic E-state index is 0.0328. The van der Waals surface area contributed by atoms with E-state index in [0.29, 0.717) is 38.2 Å². The van der Waals surface area contributed by atoms with Crippen LogP contribution in [0.15, 0.2) is 48.5 Å². The van der Waals surface area contributed by atoms with E-state index in [1.54, 1.807) is 21.9 Å². The first kappa shape index (κ1) is 22.6. The molecule has 1 N–H and O–H groups in total. The molecule has 0 unspecified atom stereocenters. The molecular formula is C27H27FN2O4. The van der Waals surface area contributed by atoms with Crippen molar-refractivity contribution >= 4 is 11.8 Å². The van der Waals surface area contributed by atoms with Gasteiger partial charge in [-0.2, -0.15) is 0 Å². The molecule has 0 spiro atoms. The molecule has 5 rings (SSSR count). The Balaban J connectivity index is 1.32. The van der Waals surface area contributed by atoms with E-state index in [-0.39, 0.29) is 54.7 Å². The second-order valence-corrected chi connectivity index (χ2v) is 9.13. The van der Waals surface area contributed by atoms with Crippen LogP contribution in [0.4, 0.5) is 4.39 Å². The summed E-state index contributed by atoms with van der Waals surface area (Å²) in [5, 5.41) is 10.00. The molecule has 0 bridgehead atoms. The van der Waals surface area contributed by atoms with Crippen LogP contribution >= 0.6 is 0 Å². The zero-order valence-corrected chi connectivity index (χ0v) is 18.8. The number of ether oxygens (including phenoxy) is 1. The van der Waals surface area contributed by atoms with Gasteiger partial charge in [-0.05, 0) is 48.7 Å². The highest BCUT2D eigenvalue weighted by atomic mass is 19.1. The van der Waals surface area contributed by atoms with Crippen molar-refractivity contribution < 1.29 is 23.8 Å². The van der Waals surface area contributed by atoms with Gasteiger partial charge in [0, 0.05) is 42.7 Å². The van der Waals surface area contributed by atoms with Gasteiger partial charge in [0.15, 0.2) is 0 Å². The number of hydrogen-bond donors (Lipinski definition) is 1. The molecule has 6 nitrogen and oxygen atoms in total. The van der Waals surface area contributed by atoms with Crippen molar-refractivity contribution in [2.75, 3.05) is 32.9 Å². The summed E-state index contributed by atoms with van der Waals surface area (Å²) in [6.45, 7) is 1.59. The predicted octanol–water partition coefficient (Wildman–Crippen LogP) is 2.15. The molecule has 3 aliphatic rings. The maximum absolute atomic E-state index is 13.4. The van der Waals surface area contributed by atoms with E-state index >= 15 is 0 Å². The van der Waals surface area contributed by atoms with Crippen molar-refractivity contribution in [2.24, 2.45) is 5.92 Å². The maximum atomic E-state index is 13.4. The average Bonchev–Trinajstić information content (AvgIpc) is 2.85. The van der Waals surface area contributed by atoms with Crippen molar-refractivity contribution in [1.29, 1.82) is 0 Å². The number of nitrogens with zero attached hydrogens (tertiary/aromatic N) is 2. The lowest BCUT2D eigenvalue weighted by Crippen LogP contribution is -2.73. The van der Waals surface area contributed by atoms with Crippen LogP contribution in [-0.4, -0.2) is 71.7 Å². The number of fused-ring (bicyclic) bond motifs is 1. The molecule has 3 aliphatic heterocycles. The second-order valence-electron chi connectivity index (χ2n) is 9.13. The molecule has 3 saturated heterocycles. The fourth-order valence-corrected chi connectivity index (χ4v) is 5.37. The van der Waals surface area contributed by atoms with Gasteiger partial charge in [-0.3, -0.25) is 9.59 Å². The molecule has 0 aromatic heterocycles. The van der Waals surface area contributed by atoms with Gasteiger partial charge in [0.1, 0.15) is 5.82 Å². The van der Waals surface area contributed by atoms with Crippen LogP contribution in [0.1, 0.15) is 35.4 Å². The molecule has 3 heterocycles. The van der Waals surface area contributed by atoms with Crippen molar-refractivity contribution in [3.63, 3.8) is 0 Å². The number of benzene rings is 2. The predicted molar refractivity (Wildman–Crippen MR) is 123 cm³/mol. The normalized spacial score (nSPS) is 24.6. The third-order valence-corrected chi connectivity index (χ3v) is 7.11. The number of piperazine rings is 1. The van der Waals surface area contributed by atoms with Crippen molar-refractivity contribution in [3.8, 4) is 11.8 Å². The SMILES string of the molecule is O=C(C1CCOCC1)N1CC(=O)N2[C@H](CO)[C@H](c3ccc(C#Cc4cccc(F)c4)cc3)[C@@H]2C1. The highest BCUT2D eigenvalue weighted by Gasteiger charge is 2.54. The number of carbonyl (C=O) groups excluding carboxylic acids is 2. The highest BCUT2D eigenvalue weighted by Crippen LogP contribution is 2.43. The Hall–Kier alpha value is -3.21. The summed E-state index contributed by atoms with van der Waals surface area (Å²) < 4.78 is 18.7. The van der Waals surface area contributed by atoms with E-state index in [1.165, 1.54) is 12.1 Å². The van der Waals surface area contributed by atoms with E-state index in [4.69, 9.17) is 4.74 Å². The quantitative estimate of drug-likeness (QED) is 0.710.